The topological polar surface area (TPSA) is 89.7 Å². The lowest BCUT2D eigenvalue weighted by Crippen LogP contribution is -2.05. The van der Waals surface area contributed by atoms with Gasteiger partial charge in [0.25, 0.3) is 5.69 Å². The molecular formula is C9H8BrNO5. The average molecular weight is 290 g/mol. The van der Waals surface area contributed by atoms with E-state index in [0.29, 0.717) is 4.47 Å². The maximum Gasteiger partial charge on any atom is 0.306 e. The van der Waals surface area contributed by atoms with Crippen molar-refractivity contribution in [3.63, 3.8) is 0 Å². The van der Waals surface area contributed by atoms with E-state index in [4.69, 9.17) is 9.84 Å². The van der Waals surface area contributed by atoms with Crippen molar-refractivity contribution in [2.75, 3.05) is 6.61 Å². The summed E-state index contributed by atoms with van der Waals surface area (Å²) in [7, 11) is 0. The van der Waals surface area contributed by atoms with Gasteiger partial charge in [-0.1, -0.05) is 0 Å². The van der Waals surface area contributed by atoms with Crippen molar-refractivity contribution in [1.82, 2.24) is 0 Å². The number of nitrogens with zero attached hydrogens (tertiary/aromatic N) is 1. The number of nitro benzene ring substituents is 1. The molecule has 0 saturated heterocycles. The second-order valence-corrected chi connectivity index (χ2v) is 3.72. The first-order chi connectivity index (χ1) is 7.50. The van der Waals surface area contributed by atoms with Gasteiger partial charge in [0.1, 0.15) is 5.75 Å². The molecule has 16 heavy (non-hydrogen) atoms. The van der Waals surface area contributed by atoms with Crippen molar-refractivity contribution in [2.24, 2.45) is 0 Å². The molecule has 0 radical (unpaired) electrons. The Morgan fingerprint density at radius 1 is 1.56 bits per heavy atom. The van der Waals surface area contributed by atoms with Gasteiger partial charge < -0.3 is 9.84 Å². The molecule has 0 atom stereocenters. The van der Waals surface area contributed by atoms with Crippen LogP contribution in [0.1, 0.15) is 6.42 Å². The van der Waals surface area contributed by atoms with E-state index in [1.807, 2.05) is 0 Å². The zero-order valence-corrected chi connectivity index (χ0v) is 9.64. The first-order valence-electron chi connectivity index (χ1n) is 4.29. The standard InChI is InChI=1S/C9H8BrNO5/c10-7-2-1-6(11(14)15)5-8(7)16-4-3-9(12)13/h1-2,5H,3-4H2,(H,12,13). The molecule has 1 N–H and O–H groups in total. The quantitative estimate of drug-likeness (QED) is 0.663. The molecule has 0 amide bonds. The van der Waals surface area contributed by atoms with Crippen molar-refractivity contribution >= 4 is 27.6 Å². The van der Waals surface area contributed by atoms with Crippen LogP contribution in [0.4, 0.5) is 5.69 Å². The van der Waals surface area contributed by atoms with Crippen molar-refractivity contribution in [1.29, 1.82) is 0 Å². The fourth-order valence-corrected chi connectivity index (χ4v) is 1.33. The Labute approximate surface area is 99.1 Å². The van der Waals surface area contributed by atoms with Crippen LogP contribution >= 0.6 is 15.9 Å². The summed E-state index contributed by atoms with van der Waals surface area (Å²) in [5.41, 5.74) is -0.103. The van der Waals surface area contributed by atoms with Gasteiger partial charge in [0.15, 0.2) is 0 Å². The Kier molecular flexibility index (Phi) is 4.24. The van der Waals surface area contributed by atoms with Crippen molar-refractivity contribution in [2.45, 2.75) is 6.42 Å². The Morgan fingerprint density at radius 3 is 2.81 bits per heavy atom. The summed E-state index contributed by atoms with van der Waals surface area (Å²) in [6, 6.07) is 4.05. The number of hydrogen-bond acceptors (Lipinski definition) is 4. The number of carboxylic acids is 1. The van der Waals surface area contributed by atoms with Crippen LogP contribution in [0, 0.1) is 10.1 Å². The van der Waals surface area contributed by atoms with E-state index in [9.17, 15) is 14.9 Å². The van der Waals surface area contributed by atoms with E-state index >= 15 is 0 Å². The van der Waals surface area contributed by atoms with Crippen LogP contribution in [0.25, 0.3) is 0 Å². The van der Waals surface area contributed by atoms with Gasteiger partial charge >= 0.3 is 5.97 Å². The van der Waals surface area contributed by atoms with Crippen LogP contribution in [0.5, 0.6) is 5.75 Å². The molecule has 86 valence electrons. The minimum Gasteiger partial charge on any atom is -0.492 e. The third-order valence-electron chi connectivity index (χ3n) is 1.70. The molecule has 0 unspecified atom stereocenters. The number of halogens is 1. The molecule has 0 bridgehead atoms. The summed E-state index contributed by atoms with van der Waals surface area (Å²) >= 11 is 3.15. The second kappa shape index (κ2) is 5.45. The summed E-state index contributed by atoms with van der Waals surface area (Å²) in [4.78, 5) is 20.2. The van der Waals surface area contributed by atoms with Crippen LogP contribution in [0.2, 0.25) is 0 Å². The fourth-order valence-electron chi connectivity index (χ4n) is 0.965. The normalized spacial score (nSPS) is 9.81. The van der Waals surface area contributed by atoms with Crippen LogP contribution in [0.15, 0.2) is 22.7 Å². The monoisotopic (exact) mass is 289 g/mol. The maximum atomic E-state index is 10.5. The van der Waals surface area contributed by atoms with Gasteiger partial charge in [-0.15, -0.1) is 0 Å². The molecule has 0 heterocycles. The highest BCUT2D eigenvalue weighted by Crippen LogP contribution is 2.29. The SMILES string of the molecule is O=C(O)CCOc1cc([N+](=O)[O-])ccc1Br. The second-order valence-electron chi connectivity index (χ2n) is 2.86. The van der Waals surface area contributed by atoms with E-state index in [0.717, 1.165) is 0 Å². The van der Waals surface area contributed by atoms with Gasteiger partial charge in [-0.3, -0.25) is 14.9 Å². The fraction of sp³-hybridized carbons (Fsp3) is 0.222. The molecule has 0 spiro atoms. The van der Waals surface area contributed by atoms with Crippen LogP contribution < -0.4 is 4.74 Å². The number of rotatable bonds is 5. The van der Waals surface area contributed by atoms with E-state index < -0.39 is 10.9 Å². The van der Waals surface area contributed by atoms with Crippen LogP contribution in [-0.4, -0.2) is 22.6 Å². The Balaban J connectivity index is 2.74. The van der Waals surface area contributed by atoms with E-state index in [1.165, 1.54) is 18.2 Å². The number of carbonyl (C=O) groups is 1. The number of benzene rings is 1. The predicted octanol–water partition coefficient (Wildman–Crippen LogP) is 2.21. The molecule has 0 aromatic heterocycles. The molecule has 6 nitrogen and oxygen atoms in total. The van der Waals surface area contributed by atoms with Crippen molar-refractivity contribution in [3.05, 3.63) is 32.8 Å². The highest BCUT2D eigenvalue weighted by atomic mass is 79.9. The Bertz CT molecular complexity index is 420. The zero-order chi connectivity index (χ0) is 12.1. The summed E-state index contributed by atoms with van der Waals surface area (Å²) in [5, 5.41) is 18.9. The summed E-state index contributed by atoms with van der Waals surface area (Å²) < 4.78 is 5.65. The lowest BCUT2D eigenvalue weighted by atomic mass is 10.3. The van der Waals surface area contributed by atoms with Gasteiger partial charge in [-0.05, 0) is 22.0 Å². The number of non-ortho nitro benzene ring substituents is 1. The number of hydrogen-bond donors (Lipinski definition) is 1. The van der Waals surface area contributed by atoms with Crippen molar-refractivity contribution < 1.29 is 19.6 Å². The van der Waals surface area contributed by atoms with Gasteiger partial charge in [0.05, 0.1) is 28.5 Å². The number of aliphatic carboxylic acids is 1. The van der Waals surface area contributed by atoms with Gasteiger partial charge in [-0.2, -0.15) is 0 Å². The van der Waals surface area contributed by atoms with E-state index in [2.05, 4.69) is 15.9 Å². The zero-order valence-electron chi connectivity index (χ0n) is 8.05. The summed E-state index contributed by atoms with van der Waals surface area (Å²) in [6.45, 7) is -0.0326. The Hall–Kier alpha value is -1.63. The number of ether oxygens (including phenoxy) is 1. The third kappa shape index (κ3) is 3.50. The summed E-state index contributed by atoms with van der Waals surface area (Å²) in [6.07, 6.45) is -0.158. The molecule has 0 saturated carbocycles. The molecule has 1 aromatic rings. The minimum atomic E-state index is -0.985. The number of carboxylic acid groups (broad SMARTS) is 1. The smallest absolute Gasteiger partial charge is 0.306 e. The molecule has 1 rings (SSSR count). The molecule has 0 aliphatic heterocycles. The molecule has 1 aromatic carbocycles. The first-order valence-corrected chi connectivity index (χ1v) is 5.08. The van der Waals surface area contributed by atoms with Gasteiger partial charge in [0, 0.05) is 6.07 Å². The third-order valence-corrected chi connectivity index (χ3v) is 2.35. The van der Waals surface area contributed by atoms with Gasteiger partial charge in [-0.25, -0.2) is 0 Å². The lowest BCUT2D eigenvalue weighted by molar-refractivity contribution is -0.385. The van der Waals surface area contributed by atoms with Gasteiger partial charge in [0.2, 0.25) is 0 Å². The largest absolute Gasteiger partial charge is 0.492 e. The van der Waals surface area contributed by atoms with Crippen LogP contribution in [-0.2, 0) is 4.79 Å². The Morgan fingerprint density at radius 2 is 2.25 bits per heavy atom. The highest BCUT2D eigenvalue weighted by molar-refractivity contribution is 9.10. The van der Waals surface area contributed by atoms with Crippen molar-refractivity contribution in [3.8, 4) is 5.75 Å². The molecular weight excluding hydrogens is 282 g/mol. The van der Waals surface area contributed by atoms with E-state index in [1.54, 1.807) is 0 Å². The lowest BCUT2D eigenvalue weighted by Gasteiger charge is -2.06. The average Bonchev–Trinajstić information content (AvgIpc) is 2.20. The summed E-state index contributed by atoms with van der Waals surface area (Å²) in [5.74, 6) is -0.725. The number of nitro groups is 1. The first kappa shape index (κ1) is 12.4. The van der Waals surface area contributed by atoms with E-state index in [-0.39, 0.29) is 24.5 Å². The predicted molar refractivity (Wildman–Crippen MR) is 58.5 cm³/mol. The van der Waals surface area contributed by atoms with Crippen LogP contribution in [0.3, 0.4) is 0 Å². The maximum absolute atomic E-state index is 10.5. The molecule has 0 aliphatic carbocycles. The minimum absolute atomic E-state index is 0.0326. The molecule has 7 heteroatoms. The molecule has 0 fully saturated rings. The molecule has 0 aliphatic rings. The highest BCUT2D eigenvalue weighted by Gasteiger charge is 2.10.